The van der Waals surface area contributed by atoms with E-state index in [1.165, 1.54) is 4.57 Å². The number of rotatable bonds is 7. The number of alkyl halides is 2. The highest BCUT2D eigenvalue weighted by Gasteiger charge is 2.23. The fraction of sp³-hybridized carbons (Fsp3) is 0.500. The van der Waals surface area contributed by atoms with Gasteiger partial charge >= 0.3 is 0 Å². The van der Waals surface area contributed by atoms with Crippen molar-refractivity contribution in [2.75, 3.05) is 59.5 Å². The van der Waals surface area contributed by atoms with Crippen LogP contribution in [0.25, 0.3) is 11.0 Å². The third-order valence-corrected chi connectivity index (χ3v) is 4.71. The van der Waals surface area contributed by atoms with Gasteiger partial charge in [-0.3, -0.25) is 4.57 Å². The summed E-state index contributed by atoms with van der Waals surface area (Å²) in [5, 5.41) is 6.29. The topological polar surface area (TPSA) is 91.4 Å². The molecular formula is C20H28F2N8O. The summed E-state index contributed by atoms with van der Waals surface area (Å²) in [5.74, 6) is 0.0220. The quantitative estimate of drug-likeness (QED) is 0.390. The summed E-state index contributed by atoms with van der Waals surface area (Å²) in [7, 11) is 1.87. The number of ether oxygens (including phenoxy) is 1. The number of aliphatic imine (C=N–C) groups is 3. The van der Waals surface area contributed by atoms with Crippen LogP contribution < -0.4 is 10.6 Å². The number of aromatic nitrogens is 2. The Labute approximate surface area is 179 Å². The Morgan fingerprint density at radius 1 is 1.19 bits per heavy atom. The standard InChI is InChI=1S/C20H28F2N8O/c1-23-7-8-25-9-10-26-20(28-19(24-2)29-11-13-31-14-12-29)30-16-6-4-3-5-15(16)27-18(30)17(21)22/h3-6,17,23,25H,2,7-14H2,1H3. The van der Waals surface area contributed by atoms with Gasteiger partial charge in [-0.15, -0.1) is 0 Å². The summed E-state index contributed by atoms with van der Waals surface area (Å²) in [6.45, 7) is 8.37. The van der Waals surface area contributed by atoms with Crippen molar-refractivity contribution in [1.29, 1.82) is 0 Å². The van der Waals surface area contributed by atoms with Crippen molar-refractivity contribution in [3.8, 4) is 0 Å². The lowest BCUT2D eigenvalue weighted by Gasteiger charge is -2.27. The van der Waals surface area contributed by atoms with E-state index >= 15 is 0 Å². The third kappa shape index (κ3) is 5.90. The van der Waals surface area contributed by atoms with Crippen LogP contribution in [-0.4, -0.2) is 92.6 Å². The summed E-state index contributed by atoms with van der Waals surface area (Å²) in [4.78, 5) is 19.1. The number of hydrogen-bond acceptors (Lipinski definition) is 5. The molecule has 2 heterocycles. The lowest BCUT2D eigenvalue weighted by molar-refractivity contribution is 0.0677. The predicted molar refractivity (Wildman–Crippen MR) is 119 cm³/mol. The Morgan fingerprint density at radius 2 is 1.97 bits per heavy atom. The smallest absolute Gasteiger partial charge is 0.296 e. The van der Waals surface area contributed by atoms with E-state index in [4.69, 9.17) is 4.74 Å². The minimum absolute atomic E-state index is 0.105. The van der Waals surface area contributed by atoms with Gasteiger partial charge in [-0.1, -0.05) is 12.1 Å². The normalized spacial score (nSPS) is 15.8. The summed E-state index contributed by atoms with van der Waals surface area (Å²) >= 11 is 0. The Balaban J connectivity index is 1.99. The maximum absolute atomic E-state index is 13.9. The minimum Gasteiger partial charge on any atom is -0.378 e. The molecule has 0 bridgehead atoms. The van der Waals surface area contributed by atoms with Gasteiger partial charge in [0, 0.05) is 32.7 Å². The number of benzene rings is 1. The van der Waals surface area contributed by atoms with Crippen molar-refractivity contribution in [1.82, 2.24) is 25.1 Å². The number of morpholine rings is 1. The highest BCUT2D eigenvalue weighted by molar-refractivity contribution is 6.01. The van der Waals surface area contributed by atoms with Gasteiger partial charge in [-0.25, -0.2) is 23.7 Å². The molecule has 1 aromatic heterocycles. The zero-order chi connectivity index (χ0) is 22.1. The molecule has 0 amide bonds. The average molecular weight is 434 g/mol. The van der Waals surface area contributed by atoms with Crippen LogP contribution in [-0.2, 0) is 4.74 Å². The Hall–Kier alpha value is -2.76. The van der Waals surface area contributed by atoms with Crippen molar-refractivity contribution < 1.29 is 13.5 Å². The summed E-state index contributed by atoms with van der Waals surface area (Å²) in [6, 6.07) is 6.93. The molecule has 11 heteroatoms. The van der Waals surface area contributed by atoms with E-state index in [-0.39, 0.29) is 5.96 Å². The molecule has 1 fully saturated rings. The van der Waals surface area contributed by atoms with Crippen LogP contribution in [0, 0.1) is 0 Å². The van der Waals surface area contributed by atoms with Crippen LogP contribution in [0.3, 0.4) is 0 Å². The minimum atomic E-state index is -2.79. The largest absolute Gasteiger partial charge is 0.378 e. The van der Waals surface area contributed by atoms with Gasteiger partial charge in [0.25, 0.3) is 6.43 Å². The third-order valence-electron chi connectivity index (χ3n) is 4.71. The Morgan fingerprint density at radius 3 is 2.68 bits per heavy atom. The summed E-state index contributed by atoms with van der Waals surface area (Å²) in [5.41, 5.74) is 0.959. The van der Waals surface area contributed by atoms with E-state index in [0.29, 0.717) is 56.4 Å². The maximum Gasteiger partial charge on any atom is 0.296 e. The van der Waals surface area contributed by atoms with Gasteiger partial charge in [-0.2, -0.15) is 4.99 Å². The van der Waals surface area contributed by atoms with E-state index in [1.54, 1.807) is 24.3 Å². The molecule has 0 aliphatic carbocycles. The number of halogens is 2. The SMILES string of the molecule is C=NC(=NC(=NCCNCCNC)n1c(C(F)F)nc2ccccc21)N1CCOCC1. The van der Waals surface area contributed by atoms with Crippen molar-refractivity contribution in [3.63, 3.8) is 0 Å². The molecule has 3 rings (SSSR count). The number of nitrogens with one attached hydrogen (secondary N) is 2. The molecular weight excluding hydrogens is 406 g/mol. The molecule has 0 atom stereocenters. The number of guanidine groups is 1. The Bertz CT molecular complexity index is 921. The van der Waals surface area contributed by atoms with Crippen LogP contribution in [0.4, 0.5) is 8.78 Å². The molecule has 1 aliphatic rings. The first-order valence-corrected chi connectivity index (χ1v) is 10.2. The van der Waals surface area contributed by atoms with Gasteiger partial charge in [0.1, 0.15) is 0 Å². The highest BCUT2D eigenvalue weighted by Crippen LogP contribution is 2.24. The zero-order valence-electron chi connectivity index (χ0n) is 17.6. The molecule has 0 radical (unpaired) electrons. The molecule has 9 nitrogen and oxygen atoms in total. The van der Waals surface area contributed by atoms with Crippen LogP contribution in [0.5, 0.6) is 0 Å². The number of fused-ring (bicyclic) bond motifs is 1. The fourth-order valence-corrected chi connectivity index (χ4v) is 3.19. The van der Waals surface area contributed by atoms with E-state index < -0.39 is 12.2 Å². The number of hydrogen-bond donors (Lipinski definition) is 2. The van der Waals surface area contributed by atoms with E-state index in [1.807, 2.05) is 11.9 Å². The number of imidazole rings is 1. The molecule has 2 N–H and O–H groups in total. The van der Waals surface area contributed by atoms with E-state index in [9.17, 15) is 8.78 Å². The van der Waals surface area contributed by atoms with Crippen LogP contribution >= 0.6 is 0 Å². The number of likely N-dealkylation sites (N-methyl/N-ethyl adjacent to an activating group) is 1. The van der Waals surface area contributed by atoms with Gasteiger partial charge in [0.05, 0.1) is 30.8 Å². The number of para-hydroxylation sites is 2. The second-order valence-corrected chi connectivity index (χ2v) is 6.80. The summed E-state index contributed by atoms with van der Waals surface area (Å²) < 4.78 is 34.4. The van der Waals surface area contributed by atoms with E-state index in [0.717, 1.165) is 13.1 Å². The molecule has 0 saturated carbocycles. The molecule has 1 aromatic carbocycles. The maximum atomic E-state index is 13.9. The lowest BCUT2D eigenvalue weighted by Crippen LogP contribution is -2.40. The highest BCUT2D eigenvalue weighted by atomic mass is 19.3. The second kappa shape index (κ2) is 11.6. The second-order valence-electron chi connectivity index (χ2n) is 6.80. The lowest BCUT2D eigenvalue weighted by atomic mass is 10.3. The molecule has 0 spiro atoms. The van der Waals surface area contributed by atoms with Crippen molar-refractivity contribution in [2.24, 2.45) is 15.0 Å². The molecule has 2 aromatic rings. The molecule has 1 aliphatic heterocycles. The van der Waals surface area contributed by atoms with Crippen molar-refractivity contribution in [2.45, 2.75) is 6.43 Å². The predicted octanol–water partition coefficient (Wildman–Crippen LogP) is 1.38. The van der Waals surface area contributed by atoms with Gasteiger partial charge in [-0.05, 0) is 25.9 Å². The van der Waals surface area contributed by atoms with Crippen molar-refractivity contribution >= 4 is 29.7 Å². The fourth-order valence-electron chi connectivity index (χ4n) is 3.19. The molecule has 1 saturated heterocycles. The van der Waals surface area contributed by atoms with Gasteiger partial charge < -0.3 is 20.3 Å². The molecule has 0 unspecified atom stereocenters. The monoisotopic (exact) mass is 434 g/mol. The summed E-state index contributed by atoms with van der Waals surface area (Å²) in [6.07, 6.45) is -2.79. The zero-order valence-corrected chi connectivity index (χ0v) is 17.6. The first-order valence-electron chi connectivity index (χ1n) is 10.2. The molecule has 168 valence electrons. The first kappa shape index (κ1) is 22.9. The van der Waals surface area contributed by atoms with Crippen LogP contribution in [0.1, 0.15) is 12.2 Å². The Kier molecular flexibility index (Phi) is 8.56. The van der Waals surface area contributed by atoms with Crippen LogP contribution in [0.15, 0.2) is 39.2 Å². The van der Waals surface area contributed by atoms with Crippen molar-refractivity contribution in [3.05, 3.63) is 30.1 Å². The average Bonchev–Trinajstić information content (AvgIpc) is 3.19. The van der Waals surface area contributed by atoms with Crippen LogP contribution in [0.2, 0.25) is 0 Å². The van der Waals surface area contributed by atoms with Gasteiger partial charge in [0.15, 0.2) is 5.82 Å². The van der Waals surface area contributed by atoms with Gasteiger partial charge in [0.2, 0.25) is 11.9 Å². The number of nitrogens with zero attached hydrogens (tertiary/aromatic N) is 6. The first-order chi connectivity index (χ1) is 15.2. The molecule has 31 heavy (non-hydrogen) atoms. The van der Waals surface area contributed by atoms with E-state index in [2.05, 4.69) is 37.3 Å².